The van der Waals surface area contributed by atoms with Gasteiger partial charge in [0, 0.05) is 14.0 Å². The molecule has 0 saturated heterocycles. The zero-order valence-electron chi connectivity index (χ0n) is 9.96. The predicted octanol–water partition coefficient (Wildman–Crippen LogP) is 6.36. The quantitative estimate of drug-likeness (QED) is 0.476. The van der Waals surface area contributed by atoms with Crippen LogP contribution in [-0.2, 0) is 0 Å². The highest BCUT2D eigenvalue weighted by atomic mass is 79.9. The molecular formula is C14H10Br3ClO. The van der Waals surface area contributed by atoms with E-state index in [1.807, 2.05) is 36.4 Å². The number of halogens is 4. The minimum Gasteiger partial charge on any atom is -0.497 e. The second kappa shape index (κ2) is 6.61. The predicted molar refractivity (Wildman–Crippen MR) is 90.6 cm³/mol. The van der Waals surface area contributed by atoms with Gasteiger partial charge in [0.25, 0.3) is 0 Å². The molecule has 0 aliphatic rings. The summed E-state index contributed by atoms with van der Waals surface area (Å²) < 4.78 is 7.20. The summed E-state index contributed by atoms with van der Waals surface area (Å²) in [6.45, 7) is 0. The molecule has 5 heteroatoms. The molecule has 0 N–H and O–H groups in total. The first-order valence-electron chi connectivity index (χ1n) is 5.45. The van der Waals surface area contributed by atoms with Crippen LogP contribution in [0.5, 0.6) is 5.75 Å². The normalized spacial score (nSPS) is 12.3. The molecular weight excluding hydrogens is 459 g/mol. The van der Waals surface area contributed by atoms with E-state index in [-0.39, 0.29) is 4.83 Å². The van der Waals surface area contributed by atoms with E-state index in [0.29, 0.717) is 5.02 Å². The average molecular weight is 469 g/mol. The number of ether oxygens (including phenoxy) is 1. The Morgan fingerprint density at radius 3 is 2.37 bits per heavy atom. The highest BCUT2D eigenvalue weighted by molar-refractivity contribution is 9.11. The zero-order valence-corrected chi connectivity index (χ0v) is 15.5. The molecule has 100 valence electrons. The molecule has 0 aliphatic carbocycles. The smallest absolute Gasteiger partial charge is 0.120 e. The Kier molecular flexibility index (Phi) is 5.35. The van der Waals surface area contributed by atoms with Gasteiger partial charge in [-0.05, 0) is 41.5 Å². The summed E-state index contributed by atoms with van der Waals surface area (Å²) in [5, 5.41) is 0.715. The zero-order chi connectivity index (χ0) is 14.0. The summed E-state index contributed by atoms with van der Waals surface area (Å²) in [6.07, 6.45) is 0. The van der Waals surface area contributed by atoms with Crippen molar-refractivity contribution in [2.24, 2.45) is 0 Å². The van der Waals surface area contributed by atoms with Crippen LogP contribution < -0.4 is 4.74 Å². The Morgan fingerprint density at radius 2 is 1.74 bits per heavy atom. The van der Waals surface area contributed by atoms with Crippen LogP contribution in [0.4, 0.5) is 0 Å². The molecule has 0 saturated carbocycles. The first-order valence-corrected chi connectivity index (χ1v) is 8.33. The lowest BCUT2D eigenvalue weighted by Crippen LogP contribution is -1.96. The van der Waals surface area contributed by atoms with E-state index in [1.165, 1.54) is 0 Å². The van der Waals surface area contributed by atoms with Gasteiger partial charge in [0.05, 0.1) is 11.9 Å². The lowest BCUT2D eigenvalue weighted by molar-refractivity contribution is 0.414. The van der Waals surface area contributed by atoms with Crippen molar-refractivity contribution >= 4 is 59.4 Å². The lowest BCUT2D eigenvalue weighted by atomic mass is 10.0. The van der Waals surface area contributed by atoms with Gasteiger partial charge in [-0.2, -0.15) is 0 Å². The minimum absolute atomic E-state index is 0.0425. The van der Waals surface area contributed by atoms with Gasteiger partial charge in [-0.3, -0.25) is 0 Å². The third-order valence-corrected chi connectivity index (χ3v) is 5.34. The number of methoxy groups -OCH3 is 1. The molecule has 2 aromatic carbocycles. The van der Waals surface area contributed by atoms with Gasteiger partial charge in [-0.25, -0.2) is 0 Å². The van der Waals surface area contributed by atoms with Crippen molar-refractivity contribution in [3.63, 3.8) is 0 Å². The summed E-state index contributed by atoms with van der Waals surface area (Å²) in [5.74, 6) is 0.820. The van der Waals surface area contributed by atoms with Gasteiger partial charge in [0.1, 0.15) is 5.75 Å². The van der Waals surface area contributed by atoms with E-state index >= 15 is 0 Å². The van der Waals surface area contributed by atoms with E-state index in [9.17, 15) is 0 Å². The molecule has 0 fully saturated rings. The second-order valence-corrected chi connectivity index (χ2v) is 6.98. The topological polar surface area (TPSA) is 9.23 Å². The first-order chi connectivity index (χ1) is 9.02. The summed E-state index contributed by atoms with van der Waals surface area (Å²) in [4.78, 5) is 0.0425. The Hall–Kier alpha value is -0.0300. The van der Waals surface area contributed by atoms with Gasteiger partial charge < -0.3 is 4.74 Å². The van der Waals surface area contributed by atoms with E-state index in [1.54, 1.807) is 7.11 Å². The molecule has 0 spiro atoms. The first kappa shape index (κ1) is 15.4. The van der Waals surface area contributed by atoms with Crippen molar-refractivity contribution in [1.29, 1.82) is 0 Å². The fourth-order valence-corrected chi connectivity index (χ4v) is 4.35. The van der Waals surface area contributed by atoms with Crippen LogP contribution in [0.1, 0.15) is 16.0 Å². The van der Waals surface area contributed by atoms with Crippen LogP contribution in [0.15, 0.2) is 45.3 Å². The van der Waals surface area contributed by atoms with Crippen molar-refractivity contribution in [2.45, 2.75) is 4.83 Å². The molecule has 0 aliphatic heterocycles. The monoisotopic (exact) mass is 466 g/mol. The fourth-order valence-electron chi connectivity index (χ4n) is 1.72. The van der Waals surface area contributed by atoms with Crippen LogP contribution in [0.3, 0.4) is 0 Å². The highest BCUT2D eigenvalue weighted by Gasteiger charge is 2.17. The van der Waals surface area contributed by atoms with Gasteiger partial charge in [0.15, 0.2) is 0 Å². The highest BCUT2D eigenvalue weighted by Crippen LogP contribution is 2.40. The SMILES string of the molecule is COc1ccc(C(Br)c2cc(Cl)ccc2Br)c(Br)c1. The Bertz CT molecular complexity index is 601. The molecule has 0 radical (unpaired) electrons. The maximum Gasteiger partial charge on any atom is 0.120 e. The third kappa shape index (κ3) is 3.54. The summed E-state index contributed by atoms with van der Waals surface area (Å²) >= 11 is 16.9. The van der Waals surface area contributed by atoms with Crippen molar-refractivity contribution in [3.05, 3.63) is 61.5 Å². The second-order valence-electron chi connectivity index (χ2n) is 3.92. The van der Waals surface area contributed by atoms with E-state index in [4.69, 9.17) is 16.3 Å². The van der Waals surface area contributed by atoms with Crippen LogP contribution in [0.25, 0.3) is 0 Å². The van der Waals surface area contributed by atoms with E-state index in [0.717, 1.165) is 25.8 Å². The maximum absolute atomic E-state index is 6.06. The molecule has 19 heavy (non-hydrogen) atoms. The summed E-state index contributed by atoms with van der Waals surface area (Å²) in [6, 6.07) is 11.7. The Balaban J connectivity index is 2.43. The van der Waals surface area contributed by atoms with Crippen LogP contribution >= 0.6 is 59.4 Å². The molecule has 1 atom stereocenters. The van der Waals surface area contributed by atoms with Crippen molar-refractivity contribution in [2.75, 3.05) is 7.11 Å². The largest absolute Gasteiger partial charge is 0.497 e. The molecule has 0 aromatic heterocycles. The molecule has 0 amide bonds. The maximum atomic E-state index is 6.06. The third-order valence-electron chi connectivity index (χ3n) is 2.71. The molecule has 0 heterocycles. The standard InChI is InChI=1S/C14H10Br3ClO/c1-19-9-3-4-10(13(16)7-9)14(17)11-6-8(18)2-5-12(11)15/h2-7,14H,1H3. The number of rotatable bonds is 3. The minimum atomic E-state index is 0.0425. The van der Waals surface area contributed by atoms with Crippen molar-refractivity contribution in [3.8, 4) is 5.75 Å². The molecule has 2 aromatic rings. The van der Waals surface area contributed by atoms with Crippen molar-refractivity contribution < 1.29 is 4.74 Å². The molecule has 1 nitrogen and oxygen atoms in total. The van der Waals surface area contributed by atoms with Crippen molar-refractivity contribution in [1.82, 2.24) is 0 Å². The lowest BCUT2D eigenvalue weighted by Gasteiger charge is -2.15. The summed E-state index contributed by atoms with van der Waals surface area (Å²) in [7, 11) is 1.65. The van der Waals surface area contributed by atoms with E-state index < -0.39 is 0 Å². The van der Waals surface area contributed by atoms with Crippen LogP contribution in [0.2, 0.25) is 5.02 Å². The number of alkyl halides is 1. The molecule has 2 rings (SSSR count). The van der Waals surface area contributed by atoms with Crippen LogP contribution in [-0.4, -0.2) is 7.11 Å². The molecule has 1 unspecified atom stereocenters. The number of benzene rings is 2. The van der Waals surface area contributed by atoms with Gasteiger partial charge in [-0.15, -0.1) is 0 Å². The fraction of sp³-hybridized carbons (Fsp3) is 0.143. The Morgan fingerprint density at radius 1 is 1.00 bits per heavy atom. The summed E-state index contributed by atoms with van der Waals surface area (Å²) in [5.41, 5.74) is 2.20. The van der Waals surface area contributed by atoms with Gasteiger partial charge in [-0.1, -0.05) is 65.5 Å². The van der Waals surface area contributed by atoms with E-state index in [2.05, 4.69) is 47.8 Å². The van der Waals surface area contributed by atoms with Gasteiger partial charge in [0.2, 0.25) is 0 Å². The number of hydrogen-bond donors (Lipinski definition) is 0. The van der Waals surface area contributed by atoms with Crippen LogP contribution in [0, 0.1) is 0 Å². The molecule has 0 bridgehead atoms. The van der Waals surface area contributed by atoms with Gasteiger partial charge >= 0.3 is 0 Å². The number of hydrogen-bond acceptors (Lipinski definition) is 1. The average Bonchev–Trinajstić information content (AvgIpc) is 2.40. The Labute approximate surface area is 142 Å².